The molecule has 0 spiro atoms. The maximum Gasteiger partial charge on any atom is 0.142 e. The lowest BCUT2D eigenvalue weighted by molar-refractivity contribution is 0.110. The molecule has 0 radical (unpaired) electrons. The molecule has 0 heterocycles. The largest absolute Gasteiger partial charge is 0.497 e. The highest BCUT2D eigenvalue weighted by Crippen LogP contribution is 2.25. The van der Waals surface area contributed by atoms with E-state index in [0.29, 0.717) is 31.3 Å². The fraction of sp³-hybridized carbons (Fsp3) is 0.455. The van der Waals surface area contributed by atoms with Crippen LogP contribution in [0.2, 0.25) is 0 Å². The average molecular weight is 211 g/mol. The van der Waals surface area contributed by atoms with Gasteiger partial charge in [0.15, 0.2) is 0 Å². The predicted molar refractivity (Wildman–Crippen MR) is 59.4 cm³/mol. The summed E-state index contributed by atoms with van der Waals surface area (Å²) in [4.78, 5) is 0. The van der Waals surface area contributed by atoms with Gasteiger partial charge in [-0.25, -0.2) is 0 Å². The quantitative estimate of drug-likeness (QED) is 0.574. The summed E-state index contributed by atoms with van der Waals surface area (Å²) in [6.45, 7) is 3.72. The van der Waals surface area contributed by atoms with Gasteiger partial charge in [0, 0.05) is 12.7 Å². The molecule has 4 heteroatoms. The van der Waals surface area contributed by atoms with Gasteiger partial charge in [-0.3, -0.25) is 0 Å². The van der Waals surface area contributed by atoms with Crippen LogP contribution in [0.4, 0.5) is 5.69 Å². The third-order valence-electron chi connectivity index (χ3n) is 1.91. The van der Waals surface area contributed by atoms with Crippen molar-refractivity contribution in [2.24, 2.45) is 0 Å². The molecule has 0 aliphatic heterocycles. The van der Waals surface area contributed by atoms with Crippen LogP contribution in [-0.4, -0.2) is 26.9 Å². The van der Waals surface area contributed by atoms with E-state index in [1.54, 1.807) is 19.2 Å². The molecule has 0 amide bonds. The van der Waals surface area contributed by atoms with E-state index >= 15 is 0 Å². The first-order valence-corrected chi connectivity index (χ1v) is 4.92. The monoisotopic (exact) mass is 211 g/mol. The summed E-state index contributed by atoms with van der Waals surface area (Å²) in [5.74, 6) is 1.39. The average Bonchev–Trinajstić information content (AvgIpc) is 2.26. The molecule has 0 aliphatic carbocycles. The molecule has 2 N–H and O–H groups in total. The van der Waals surface area contributed by atoms with Gasteiger partial charge in [-0.05, 0) is 19.1 Å². The minimum absolute atomic E-state index is 0.504. The number of hydrogen-bond donors (Lipinski definition) is 1. The van der Waals surface area contributed by atoms with Crippen molar-refractivity contribution >= 4 is 5.69 Å². The molecule has 1 aromatic rings. The van der Waals surface area contributed by atoms with E-state index in [-0.39, 0.29) is 0 Å². The standard InChI is InChI=1S/C11H17NO3/c1-3-14-6-7-15-11-5-4-9(13-2)8-10(11)12/h4-5,8H,3,6-7,12H2,1-2H3. The molecule has 0 unspecified atom stereocenters. The fourth-order valence-electron chi connectivity index (χ4n) is 1.14. The molecule has 0 fully saturated rings. The zero-order valence-corrected chi connectivity index (χ0v) is 9.16. The SMILES string of the molecule is CCOCCOc1ccc(OC)cc1N. The van der Waals surface area contributed by atoms with Gasteiger partial charge in [0.25, 0.3) is 0 Å². The van der Waals surface area contributed by atoms with Crippen molar-refractivity contribution in [3.05, 3.63) is 18.2 Å². The predicted octanol–water partition coefficient (Wildman–Crippen LogP) is 1.69. The van der Waals surface area contributed by atoms with Crippen LogP contribution in [0, 0.1) is 0 Å². The molecular weight excluding hydrogens is 194 g/mol. The second-order valence-corrected chi connectivity index (χ2v) is 2.95. The summed E-state index contributed by atoms with van der Waals surface area (Å²) in [6.07, 6.45) is 0. The molecule has 0 aromatic heterocycles. The van der Waals surface area contributed by atoms with Crippen LogP contribution in [0.1, 0.15) is 6.92 Å². The molecule has 0 saturated heterocycles. The number of hydrogen-bond acceptors (Lipinski definition) is 4. The lowest BCUT2D eigenvalue weighted by Gasteiger charge is -2.09. The molecular formula is C11H17NO3. The molecule has 4 nitrogen and oxygen atoms in total. The molecule has 0 atom stereocenters. The van der Waals surface area contributed by atoms with E-state index in [1.807, 2.05) is 13.0 Å². The Kier molecular flexibility index (Phi) is 4.77. The zero-order valence-electron chi connectivity index (χ0n) is 9.16. The Morgan fingerprint density at radius 3 is 2.67 bits per heavy atom. The van der Waals surface area contributed by atoms with Crippen molar-refractivity contribution in [1.29, 1.82) is 0 Å². The second-order valence-electron chi connectivity index (χ2n) is 2.95. The lowest BCUT2D eigenvalue weighted by Crippen LogP contribution is -2.07. The Hall–Kier alpha value is -1.42. The highest BCUT2D eigenvalue weighted by Gasteiger charge is 2.01. The van der Waals surface area contributed by atoms with E-state index in [0.717, 1.165) is 5.75 Å². The van der Waals surface area contributed by atoms with Gasteiger partial charge < -0.3 is 19.9 Å². The Labute approximate surface area is 89.9 Å². The van der Waals surface area contributed by atoms with E-state index in [1.165, 1.54) is 0 Å². The van der Waals surface area contributed by atoms with Crippen molar-refractivity contribution in [3.8, 4) is 11.5 Å². The van der Waals surface area contributed by atoms with E-state index < -0.39 is 0 Å². The minimum atomic E-state index is 0.504. The first kappa shape index (κ1) is 11.7. The summed E-state index contributed by atoms with van der Waals surface area (Å²) >= 11 is 0. The lowest BCUT2D eigenvalue weighted by atomic mass is 10.3. The van der Waals surface area contributed by atoms with Crippen molar-refractivity contribution in [2.45, 2.75) is 6.92 Å². The van der Waals surface area contributed by atoms with Gasteiger partial charge in [0.2, 0.25) is 0 Å². The fourth-order valence-corrected chi connectivity index (χ4v) is 1.14. The normalized spacial score (nSPS) is 10.0. The van der Waals surface area contributed by atoms with Crippen LogP contribution >= 0.6 is 0 Å². The van der Waals surface area contributed by atoms with Crippen molar-refractivity contribution in [1.82, 2.24) is 0 Å². The van der Waals surface area contributed by atoms with Gasteiger partial charge in [-0.2, -0.15) is 0 Å². The Bertz CT molecular complexity index is 302. The highest BCUT2D eigenvalue weighted by atomic mass is 16.5. The molecule has 0 saturated carbocycles. The molecule has 0 bridgehead atoms. The number of rotatable bonds is 6. The Morgan fingerprint density at radius 2 is 2.07 bits per heavy atom. The zero-order chi connectivity index (χ0) is 11.1. The summed E-state index contributed by atoms with van der Waals surface area (Å²) in [5.41, 5.74) is 6.34. The first-order chi connectivity index (χ1) is 7.27. The second kappa shape index (κ2) is 6.14. The molecule has 1 aromatic carbocycles. The summed E-state index contributed by atoms with van der Waals surface area (Å²) in [6, 6.07) is 5.34. The molecule has 84 valence electrons. The third-order valence-corrected chi connectivity index (χ3v) is 1.91. The summed E-state index contributed by atoms with van der Waals surface area (Å²) < 4.78 is 15.6. The highest BCUT2D eigenvalue weighted by molar-refractivity contribution is 5.56. The number of nitrogens with two attached hydrogens (primary N) is 1. The van der Waals surface area contributed by atoms with Gasteiger partial charge in [0.05, 0.1) is 19.4 Å². The van der Waals surface area contributed by atoms with Crippen LogP contribution < -0.4 is 15.2 Å². The van der Waals surface area contributed by atoms with E-state index in [9.17, 15) is 0 Å². The van der Waals surface area contributed by atoms with Crippen LogP contribution in [0.25, 0.3) is 0 Å². The van der Waals surface area contributed by atoms with Crippen molar-refractivity contribution in [3.63, 3.8) is 0 Å². The summed E-state index contributed by atoms with van der Waals surface area (Å²) in [5, 5.41) is 0. The van der Waals surface area contributed by atoms with Crippen LogP contribution in [0.5, 0.6) is 11.5 Å². The van der Waals surface area contributed by atoms with Gasteiger partial charge in [-0.1, -0.05) is 0 Å². The number of methoxy groups -OCH3 is 1. The van der Waals surface area contributed by atoms with Crippen LogP contribution in [0.3, 0.4) is 0 Å². The first-order valence-electron chi connectivity index (χ1n) is 4.92. The van der Waals surface area contributed by atoms with E-state index in [2.05, 4.69) is 0 Å². The summed E-state index contributed by atoms with van der Waals surface area (Å²) in [7, 11) is 1.60. The number of benzene rings is 1. The van der Waals surface area contributed by atoms with Crippen molar-refractivity contribution < 1.29 is 14.2 Å². The third kappa shape index (κ3) is 3.67. The maximum absolute atomic E-state index is 5.77. The Balaban J connectivity index is 2.47. The Morgan fingerprint density at radius 1 is 1.27 bits per heavy atom. The van der Waals surface area contributed by atoms with Crippen LogP contribution in [-0.2, 0) is 4.74 Å². The minimum Gasteiger partial charge on any atom is -0.497 e. The molecule has 0 aliphatic rings. The smallest absolute Gasteiger partial charge is 0.142 e. The van der Waals surface area contributed by atoms with Crippen molar-refractivity contribution in [2.75, 3.05) is 32.7 Å². The van der Waals surface area contributed by atoms with E-state index in [4.69, 9.17) is 19.9 Å². The maximum atomic E-state index is 5.77. The molecule has 1 rings (SSSR count). The molecule has 15 heavy (non-hydrogen) atoms. The van der Waals surface area contributed by atoms with Gasteiger partial charge in [-0.15, -0.1) is 0 Å². The number of nitrogen functional groups attached to an aromatic ring is 1. The van der Waals surface area contributed by atoms with Crippen LogP contribution in [0.15, 0.2) is 18.2 Å². The number of ether oxygens (including phenoxy) is 3. The van der Waals surface area contributed by atoms with Gasteiger partial charge >= 0.3 is 0 Å². The number of anilines is 1. The van der Waals surface area contributed by atoms with Gasteiger partial charge in [0.1, 0.15) is 18.1 Å². The topological polar surface area (TPSA) is 53.7 Å².